The molecule has 3 rings (SSSR count). The first-order chi connectivity index (χ1) is 13.4. The Hall–Kier alpha value is -2.78. The molecule has 0 saturated carbocycles. The number of anilines is 2. The Morgan fingerprint density at radius 3 is 2.11 bits per heavy atom. The summed E-state index contributed by atoms with van der Waals surface area (Å²) in [7, 11) is 6.02. The Balaban J connectivity index is 2.11. The Bertz CT molecular complexity index is 866. The molecule has 2 aromatic rings. The van der Waals surface area contributed by atoms with Crippen molar-refractivity contribution in [3.05, 3.63) is 35.9 Å². The van der Waals surface area contributed by atoms with Crippen molar-refractivity contribution in [1.82, 2.24) is 0 Å². The summed E-state index contributed by atoms with van der Waals surface area (Å²) in [5.41, 5.74) is 7.52. The van der Waals surface area contributed by atoms with Gasteiger partial charge in [-0.25, -0.2) is 0 Å². The van der Waals surface area contributed by atoms with Crippen molar-refractivity contribution in [2.45, 2.75) is 5.37 Å². The van der Waals surface area contributed by atoms with Gasteiger partial charge in [-0.1, -0.05) is 0 Å². The number of benzene rings is 2. The normalized spacial score (nSPS) is 18.9. The number of ether oxygens (including phenoxy) is 4. The first kappa shape index (κ1) is 20.0. The average molecular weight is 406 g/mol. The van der Waals surface area contributed by atoms with E-state index in [-0.39, 0.29) is 11.7 Å². The van der Waals surface area contributed by atoms with Crippen molar-refractivity contribution in [3.63, 3.8) is 0 Å². The van der Waals surface area contributed by atoms with Crippen LogP contribution in [-0.4, -0.2) is 44.7 Å². The van der Waals surface area contributed by atoms with E-state index in [1.165, 1.54) is 33.3 Å². The monoisotopic (exact) mass is 406 g/mol. The Labute approximate surface area is 166 Å². The second-order valence-corrected chi connectivity index (χ2v) is 7.52. The predicted octanol–water partition coefficient (Wildman–Crippen LogP) is 2.10. The molecule has 1 amide bonds. The van der Waals surface area contributed by atoms with Crippen LogP contribution in [0.15, 0.2) is 30.3 Å². The zero-order valence-corrected chi connectivity index (χ0v) is 16.9. The van der Waals surface area contributed by atoms with Crippen LogP contribution in [-0.2, 0) is 16.0 Å². The molecule has 1 heterocycles. The molecule has 1 aliphatic heterocycles. The van der Waals surface area contributed by atoms with E-state index >= 15 is 0 Å². The lowest BCUT2D eigenvalue weighted by atomic mass is 10.1. The standard InChI is InChI=1S/C19H22N2O6S/c1-24-14-6-5-12(9-13(14)20)21-17(22)10-28(23)19(21)11-7-15(25-2)18(27-4)16(8-11)26-3/h5-9,19H,10,20H2,1-4H3. The first-order valence-electron chi connectivity index (χ1n) is 8.37. The highest BCUT2D eigenvalue weighted by molar-refractivity contribution is 7.93. The average Bonchev–Trinajstić information content (AvgIpc) is 3.00. The molecule has 0 aromatic heterocycles. The van der Waals surface area contributed by atoms with Gasteiger partial charge in [0.05, 0.1) is 39.8 Å². The van der Waals surface area contributed by atoms with Gasteiger partial charge in [-0.05, 0) is 41.5 Å². The Morgan fingerprint density at radius 2 is 1.61 bits per heavy atom. The van der Waals surface area contributed by atoms with Gasteiger partial charge in [0.1, 0.15) is 5.75 Å². The minimum Gasteiger partial charge on any atom is -0.614 e. The lowest BCUT2D eigenvalue weighted by molar-refractivity contribution is -0.115. The van der Waals surface area contributed by atoms with Crippen molar-refractivity contribution < 1.29 is 28.3 Å². The summed E-state index contributed by atoms with van der Waals surface area (Å²) in [5, 5.41) is -0.714. The summed E-state index contributed by atoms with van der Waals surface area (Å²) in [4.78, 5) is 14.1. The number of nitrogen functional groups attached to an aromatic ring is 1. The fraction of sp³-hybridized carbons (Fsp3) is 0.316. The zero-order valence-electron chi connectivity index (χ0n) is 16.1. The number of amides is 1. The summed E-state index contributed by atoms with van der Waals surface area (Å²) >= 11 is -1.46. The smallest absolute Gasteiger partial charge is 0.281 e. The molecule has 0 aliphatic carbocycles. The minimum absolute atomic E-state index is 0.0900. The van der Waals surface area contributed by atoms with E-state index in [0.29, 0.717) is 39.9 Å². The van der Waals surface area contributed by atoms with E-state index in [0.717, 1.165) is 0 Å². The van der Waals surface area contributed by atoms with E-state index in [9.17, 15) is 9.35 Å². The lowest BCUT2D eigenvalue weighted by Crippen LogP contribution is -2.29. The molecule has 8 nitrogen and oxygen atoms in total. The van der Waals surface area contributed by atoms with Crippen molar-refractivity contribution in [2.24, 2.45) is 0 Å². The zero-order chi connectivity index (χ0) is 20.4. The van der Waals surface area contributed by atoms with Gasteiger partial charge in [0.15, 0.2) is 17.3 Å². The first-order valence-corrected chi connectivity index (χ1v) is 9.76. The van der Waals surface area contributed by atoms with E-state index < -0.39 is 16.5 Å². The van der Waals surface area contributed by atoms with Gasteiger partial charge in [-0.2, -0.15) is 0 Å². The summed E-state index contributed by atoms with van der Waals surface area (Å²) in [5.74, 6) is 1.41. The topological polar surface area (TPSA) is 106 Å². The van der Waals surface area contributed by atoms with Crippen LogP contribution in [0.3, 0.4) is 0 Å². The highest BCUT2D eigenvalue weighted by Crippen LogP contribution is 2.45. The molecule has 0 bridgehead atoms. The van der Waals surface area contributed by atoms with Crippen LogP contribution in [0.1, 0.15) is 10.9 Å². The molecule has 1 fully saturated rings. The fourth-order valence-electron chi connectivity index (χ4n) is 3.21. The molecule has 1 aliphatic rings. The van der Waals surface area contributed by atoms with E-state index in [4.69, 9.17) is 24.7 Å². The number of hydrogen-bond donors (Lipinski definition) is 1. The molecule has 0 spiro atoms. The molecule has 2 unspecified atom stereocenters. The summed E-state index contributed by atoms with van der Waals surface area (Å²) in [6, 6.07) is 8.40. The quantitative estimate of drug-likeness (QED) is 0.578. The van der Waals surface area contributed by atoms with Gasteiger partial charge in [0.25, 0.3) is 5.91 Å². The molecule has 9 heteroatoms. The molecule has 2 atom stereocenters. The number of methoxy groups -OCH3 is 4. The van der Waals surface area contributed by atoms with Crippen molar-refractivity contribution in [3.8, 4) is 23.0 Å². The van der Waals surface area contributed by atoms with Crippen LogP contribution < -0.4 is 29.6 Å². The van der Waals surface area contributed by atoms with Crippen molar-refractivity contribution >= 4 is 28.5 Å². The molecule has 2 N–H and O–H groups in total. The Morgan fingerprint density at radius 1 is 1.00 bits per heavy atom. The predicted molar refractivity (Wildman–Crippen MR) is 107 cm³/mol. The van der Waals surface area contributed by atoms with Gasteiger partial charge in [0.2, 0.25) is 11.1 Å². The summed E-state index contributed by atoms with van der Waals surface area (Å²) < 4.78 is 34.1. The third-order valence-electron chi connectivity index (χ3n) is 4.48. The number of carbonyl (C=O) groups is 1. The van der Waals surface area contributed by atoms with Crippen LogP contribution in [0.2, 0.25) is 0 Å². The molecule has 150 valence electrons. The van der Waals surface area contributed by atoms with Gasteiger partial charge in [-0.15, -0.1) is 0 Å². The number of nitrogens with two attached hydrogens (primary N) is 1. The SMILES string of the molecule is COc1ccc(N2C(=O)C[S+]([O-])C2c2cc(OC)c(OC)c(OC)c2)cc1N. The molecular weight excluding hydrogens is 384 g/mol. The highest BCUT2D eigenvalue weighted by Gasteiger charge is 2.45. The molecule has 28 heavy (non-hydrogen) atoms. The second kappa shape index (κ2) is 8.07. The third-order valence-corrected chi connectivity index (χ3v) is 5.99. The maximum atomic E-state index is 12.8. The maximum Gasteiger partial charge on any atom is 0.281 e. The number of rotatable bonds is 6. The fourth-order valence-corrected chi connectivity index (χ4v) is 4.67. The minimum atomic E-state index is -1.46. The third kappa shape index (κ3) is 3.38. The van der Waals surface area contributed by atoms with Crippen molar-refractivity contribution in [2.75, 3.05) is 44.8 Å². The van der Waals surface area contributed by atoms with Crippen LogP contribution in [0, 0.1) is 0 Å². The van der Waals surface area contributed by atoms with Crippen LogP contribution in [0.5, 0.6) is 23.0 Å². The Kier molecular flexibility index (Phi) is 5.76. The van der Waals surface area contributed by atoms with Crippen molar-refractivity contribution in [1.29, 1.82) is 0 Å². The van der Waals surface area contributed by atoms with E-state index in [2.05, 4.69) is 0 Å². The number of nitrogens with zero attached hydrogens (tertiary/aromatic N) is 1. The van der Waals surface area contributed by atoms with Gasteiger partial charge < -0.3 is 29.2 Å². The molecule has 1 saturated heterocycles. The summed E-state index contributed by atoms with van der Waals surface area (Å²) in [6.07, 6.45) is 0. The van der Waals surface area contributed by atoms with Gasteiger partial charge in [-0.3, -0.25) is 9.69 Å². The van der Waals surface area contributed by atoms with Crippen LogP contribution in [0.4, 0.5) is 11.4 Å². The number of hydrogen-bond acceptors (Lipinski definition) is 7. The summed E-state index contributed by atoms with van der Waals surface area (Å²) in [6.45, 7) is 0. The van der Waals surface area contributed by atoms with E-state index in [1.807, 2.05) is 0 Å². The van der Waals surface area contributed by atoms with Crippen LogP contribution in [0.25, 0.3) is 0 Å². The van der Waals surface area contributed by atoms with Gasteiger partial charge in [0, 0.05) is 5.56 Å². The second-order valence-electron chi connectivity index (χ2n) is 6.03. The van der Waals surface area contributed by atoms with Gasteiger partial charge >= 0.3 is 0 Å². The molecule has 2 aromatic carbocycles. The molecule has 0 radical (unpaired) electrons. The largest absolute Gasteiger partial charge is 0.614 e. The molecular formula is C19H22N2O6S. The maximum absolute atomic E-state index is 12.8. The van der Waals surface area contributed by atoms with Crippen LogP contribution >= 0.6 is 0 Å². The number of carbonyl (C=O) groups excluding carboxylic acids is 1. The van der Waals surface area contributed by atoms with E-state index in [1.54, 1.807) is 30.3 Å². The highest BCUT2D eigenvalue weighted by atomic mass is 32.2. The lowest BCUT2D eigenvalue weighted by Gasteiger charge is -2.25.